The number of para-hydroxylation sites is 1. The van der Waals surface area contributed by atoms with E-state index >= 15 is 0 Å². The van der Waals surface area contributed by atoms with Gasteiger partial charge in [-0.25, -0.2) is 0 Å². The molecule has 398 valence electrons. The van der Waals surface area contributed by atoms with Gasteiger partial charge in [0.25, 0.3) is 0 Å². The standard InChI is InChI=1S/C50H74N14O9/c1-3-4-17-35(58-30(2)65)44(68)62-39-22-23-42(66)55-25-12-20-38(46(70)63-40(43(52)67)28-32-29-57-34-18-9-8-16-33(32)34)60-45(69)37(21-13-26-56-50(53)54)61-49(73)41(27-31-14-6-5-7-15-31)64-47(71)36(59-48(39)72)19-10-11-24-51/h5-9,14-16,18,29,35-41,57H,3-4,10-13,17,19-28,51H2,1-2H3,(H2,52,67)(H,55,66)(H,58,65)(H,59,72)(H,60,69)(H,61,73)(H,62,68)(H,63,70)(H,64,71)(H4,53,54,56)/t35-,36-,37-,38-,39-,40-,41+/m0/s1. The quantitative estimate of drug-likeness (QED) is 0.0344. The molecule has 0 unspecified atom stereocenters. The maximum absolute atomic E-state index is 14.5. The molecule has 0 aliphatic carbocycles. The summed E-state index contributed by atoms with van der Waals surface area (Å²) in [6.07, 6.45) is 3.83. The number of H-pyrrole nitrogens is 1. The van der Waals surface area contributed by atoms with Crippen molar-refractivity contribution in [2.75, 3.05) is 19.6 Å². The Balaban J connectivity index is 1.74. The second kappa shape index (κ2) is 30.4. The summed E-state index contributed by atoms with van der Waals surface area (Å²) in [4.78, 5) is 131. The number of aromatic nitrogens is 1. The molecule has 1 aliphatic heterocycles. The van der Waals surface area contributed by atoms with Crippen molar-refractivity contribution >= 4 is 70.0 Å². The number of guanidine groups is 1. The van der Waals surface area contributed by atoms with Gasteiger partial charge >= 0.3 is 0 Å². The van der Waals surface area contributed by atoms with E-state index in [1.807, 2.05) is 31.2 Å². The Kier molecular flexibility index (Phi) is 24.1. The second-order valence-corrected chi connectivity index (χ2v) is 18.2. The number of aromatic amines is 1. The van der Waals surface area contributed by atoms with Crippen molar-refractivity contribution in [1.29, 1.82) is 0 Å². The van der Waals surface area contributed by atoms with E-state index in [2.05, 4.69) is 52.5 Å². The van der Waals surface area contributed by atoms with Gasteiger partial charge in [-0.15, -0.1) is 0 Å². The number of nitrogens with one attached hydrogen (secondary N) is 9. The lowest BCUT2D eigenvalue weighted by Gasteiger charge is -2.28. The van der Waals surface area contributed by atoms with Crippen LogP contribution in [0.1, 0.15) is 102 Å². The number of rotatable bonds is 21. The molecule has 0 spiro atoms. The Morgan fingerprint density at radius 2 is 1.41 bits per heavy atom. The number of nitrogens with zero attached hydrogens (tertiary/aromatic N) is 1. The topological polar surface area (TPSA) is 382 Å². The number of hydrogen-bond donors (Lipinski definition) is 13. The van der Waals surface area contributed by atoms with Crippen LogP contribution in [-0.2, 0) is 56.0 Å². The van der Waals surface area contributed by atoms with Crippen LogP contribution in [0, 0.1) is 0 Å². The number of hydrogen-bond acceptors (Lipinski definition) is 11. The molecule has 23 nitrogen and oxygen atoms in total. The van der Waals surface area contributed by atoms with E-state index in [1.54, 1.807) is 36.5 Å². The largest absolute Gasteiger partial charge is 0.370 e. The Morgan fingerprint density at radius 1 is 0.753 bits per heavy atom. The molecule has 0 radical (unpaired) electrons. The minimum Gasteiger partial charge on any atom is -0.370 e. The highest BCUT2D eigenvalue weighted by molar-refractivity contribution is 5.98. The molecule has 4 rings (SSSR count). The number of carbonyl (C=O) groups excluding carboxylic acids is 9. The maximum Gasteiger partial charge on any atom is 0.243 e. The van der Waals surface area contributed by atoms with Gasteiger partial charge in [0.15, 0.2) is 5.96 Å². The molecule has 2 aromatic carbocycles. The van der Waals surface area contributed by atoms with E-state index < -0.39 is 95.5 Å². The smallest absolute Gasteiger partial charge is 0.243 e. The number of amides is 9. The van der Waals surface area contributed by atoms with E-state index in [0.717, 1.165) is 10.9 Å². The summed E-state index contributed by atoms with van der Waals surface area (Å²) in [5.74, 6) is -6.58. The van der Waals surface area contributed by atoms with Gasteiger partial charge in [0.2, 0.25) is 53.2 Å². The lowest BCUT2D eigenvalue weighted by molar-refractivity contribution is -0.136. The third kappa shape index (κ3) is 19.9. The normalized spacial score (nSPS) is 20.4. The summed E-state index contributed by atoms with van der Waals surface area (Å²) in [6, 6.07) is 7.30. The summed E-state index contributed by atoms with van der Waals surface area (Å²) in [5.41, 5.74) is 24.9. The fourth-order valence-electron chi connectivity index (χ4n) is 8.33. The molecule has 7 atom stereocenters. The first-order valence-corrected chi connectivity index (χ1v) is 25.0. The van der Waals surface area contributed by atoms with Crippen LogP contribution in [0.3, 0.4) is 0 Å². The number of benzene rings is 2. The van der Waals surface area contributed by atoms with Crippen LogP contribution in [0.5, 0.6) is 0 Å². The summed E-state index contributed by atoms with van der Waals surface area (Å²) in [6.45, 7) is 3.52. The molecular formula is C50H74N14O9. The van der Waals surface area contributed by atoms with E-state index in [4.69, 9.17) is 22.9 Å². The molecule has 0 bridgehead atoms. The number of aliphatic imine (C=N–C) groups is 1. The first kappa shape index (κ1) is 58.0. The van der Waals surface area contributed by atoms with Crippen LogP contribution in [0.4, 0.5) is 0 Å². The third-order valence-corrected chi connectivity index (χ3v) is 12.3. The highest BCUT2D eigenvalue weighted by Gasteiger charge is 2.34. The molecule has 1 aromatic heterocycles. The molecule has 23 heteroatoms. The fraction of sp³-hybridized carbons (Fsp3) is 0.520. The zero-order valence-electron chi connectivity index (χ0n) is 41.8. The Labute approximate surface area is 425 Å². The SMILES string of the molecule is CCCC[C@H](NC(C)=O)C(=O)N[C@H]1CCC(=O)NCCC[C@@H](C(=O)N[C@@H](Cc2c[nH]c3ccccc23)C(N)=O)NC(=O)[C@H](CCCN=C(N)N)NC(=O)[C@@H](Cc2ccccc2)NC(=O)[C@H](CCCCN)NC1=O. The van der Waals surface area contributed by atoms with Gasteiger partial charge in [0, 0.05) is 56.4 Å². The Bertz CT molecular complexity index is 2370. The summed E-state index contributed by atoms with van der Waals surface area (Å²) in [5, 5.41) is 22.6. The number of carbonyl (C=O) groups is 9. The minimum atomic E-state index is -1.36. The van der Waals surface area contributed by atoms with Crippen molar-refractivity contribution in [2.24, 2.45) is 27.9 Å². The molecule has 9 amide bonds. The van der Waals surface area contributed by atoms with Gasteiger partial charge in [-0.3, -0.25) is 48.1 Å². The minimum absolute atomic E-state index is 0.0127. The first-order valence-electron chi connectivity index (χ1n) is 25.0. The lowest BCUT2D eigenvalue weighted by atomic mass is 10.0. The summed E-state index contributed by atoms with van der Waals surface area (Å²) >= 11 is 0. The average molecular weight is 1020 g/mol. The van der Waals surface area contributed by atoms with E-state index in [9.17, 15) is 43.2 Å². The number of fused-ring (bicyclic) bond motifs is 1. The van der Waals surface area contributed by atoms with Crippen LogP contribution < -0.4 is 65.5 Å². The van der Waals surface area contributed by atoms with Crippen LogP contribution in [0.2, 0.25) is 0 Å². The van der Waals surface area contributed by atoms with Gasteiger partial charge in [-0.2, -0.15) is 0 Å². The van der Waals surface area contributed by atoms with Crippen molar-refractivity contribution in [1.82, 2.24) is 47.5 Å². The second-order valence-electron chi connectivity index (χ2n) is 18.2. The molecule has 17 N–H and O–H groups in total. The zero-order chi connectivity index (χ0) is 53.3. The average Bonchev–Trinajstić information content (AvgIpc) is 3.77. The zero-order valence-corrected chi connectivity index (χ0v) is 41.8. The lowest BCUT2D eigenvalue weighted by Crippen LogP contribution is -2.60. The molecular weight excluding hydrogens is 941 g/mol. The Morgan fingerprint density at radius 3 is 2.10 bits per heavy atom. The van der Waals surface area contributed by atoms with Crippen molar-refractivity contribution in [3.8, 4) is 0 Å². The van der Waals surface area contributed by atoms with Crippen LogP contribution in [-0.4, -0.2) is 126 Å². The van der Waals surface area contributed by atoms with Gasteiger partial charge in [-0.05, 0) is 81.5 Å². The highest BCUT2D eigenvalue weighted by atomic mass is 16.2. The molecule has 2 heterocycles. The molecule has 3 aromatic rings. The van der Waals surface area contributed by atoms with Gasteiger partial charge in [0.1, 0.15) is 42.3 Å². The number of primary amides is 1. The van der Waals surface area contributed by atoms with Crippen molar-refractivity contribution in [3.63, 3.8) is 0 Å². The molecule has 73 heavy (non-hydrogen) atoms. The summed E-state index contributed by atoms with van der Waals surface area (Å²) < 4.78 is 0. The van der Waals surface area contributed by atoms with E-state index in [-0.39, 0.29) is 89.8 Å². The summed E-state index contributed by atoms with van der Waals surface area (Å²) in [7, 11) is 0. The molecule has 0 saturated carbocycles. The molecule has 1 saturated heterocycles. The van der Waals surface area contributed by atoms with Gasteiger partial charge in [-0.1, -0.05) is 68.3 Å². The van der Waals surface area contributed by atoms with Crippen molar-refractivity contribution < 1.29 is 43.2 Å². The van der Waals surface area contributed by atoms with Crippen molar-refractivity contribution in [3.05, 3.63) is 71.9 Å². The Hall–Kier alpha value is -7.56. The van der Waals surface area contributed by atoms with Gasteiger partial charge < -0.3 is 70.5 Å². The van der Waals surface area contributed by atoms with Gasteiger partial charge in [0.05, 0.1) is 0 Å². The monoisotopic (exact) mass is 1010 g/mol. The van der Waals surface area contributed by atoms with E-state index in [0.29, 0.717) is 36.8 Å². The number of nitrogens with two attached hydrogens (primary N) is 4. The fourth-order valence-corrected chi connectivity index (χ4v) is 8.33. The van der Waals surface area contributed by atoms with Crippen molar-refractivity contribution in [2.45, 2.75) is 146 Å². The number of unbranched alkanes of at least 4 members (excludes halogenated alkanes) is 2. The predicted molar refractivity (Wildman–Crippen MR) is 274 cm³/mol. The molecule has 1 aliphatic rings. The third-order valence-electron chi connectivity index (χ3n) is 12.3. The maximum atomic E-state index is 14.5. The first-order chi connectivity index (χ1) is 35.0. The molecule has 1 fully saturated rings. The predicted octanol–water partition coefficient (Wildman–Crippen LogP) is -1.09. The van der Waals surface area contributed by atoms with Crippen LogP contribution in [0.15, 0.2) is 65.8 Å². The van der Waals surface area contributed by atoms with E-state index in [1.165, 1.54) is 6.92 Å². The van der Waals surface area contributed by atoms with Crippen LogP contribution >= 0.6 is 0 Å². The highest BCUT2D eigenvalue weighted by Crippen LogP contribution is 2.19. The van der Waals surface area contributed by atoms with Crippen LogP contribution in [0.25, 0.3) is 10.9 Å².